The van der Waals surface area contributed by atoms with Crippen LogP contribution < -0.4 is 4.90 Å². The number of rotatable bonds is 6. The largest absolute Gasteiger partial charge is 0.410 e. The Morgan fingerprint density at radius 3 is 2.72 bits per heavy atom. The Hall–Kier alpha value is -2.72. The van der Waals surface area contributed by atoms with Crippen molar-refractivity contribution in [1.29, 1.82) is 0 Å². The summed E-state index contributed by atoms with van der Waals surface area (Å²) in [6.45, 7) is 0. The molecule has 3 aromatic rings. The molecule has 1 aromatic carbocycles. The Morgan fingerprint density at radius 1 is 1.32 bits per heavy atom. The van der Waals surface area contributed by atoms with Crippen LogP contribution in [0, 0.1) is 10.1 Å². The van der Waals surface area contributed by atoms with E-state index < -0.39 is 4.92 Å². The lowest BCUT2D eigenvalue weighted by molar-refractivity contribution is -0.384. The molecule has 0 radical (unpaired) electrons. The lowest BCUT2D eigenvalue weighted by Gasteiger charge is -2.16. The number of nitro groups is 1. The van der Waals surface area contributed by atoms with Gasteiger partial charge in [0.05, 0.1) is 15.6 Å². The molecule has 0 N–H and O–H groups in total. The van der Waals surface area contributed by atoms with Crippen LogP contribution >= 0.6 is 23.1 Å². The van der Waals surface area contributed by atoms with Gasteiger partial charge in [0.2, 0.25) is 5.91 Å². The van der Waals surface area contributed by atoms with Crippen molar-refractivity contribution in [1.82, 2.24) is 10.2 Å². The number of nitrogens with zero attached hydrogens (tertiary/aromatic N) is 4. The van der Waals surface area contributed by atoms with Crippen LogP contribution in [-0.4, -0.2) is 33.8 Å². The summed E-state index contributed by atoms with van der Waals surface area (Å²) in [6.07, 6.45) is 0. The second-order valence-corrected chi connectivity index (χ2v) is 6.74. The van der Waals surface area contributed by atoms with Crippen LogP contribution in [0.4, 0.5) is 11.4 Å². The minimum Gasteiger partial charge on any atom is -0.410 e. The van der Waals surface area contributed by atoms with E-state index in [2.05, 4.69) is 10.2 Å². The van der Waals surface area contributed by atoms with Gasteiger partial charge in [-0.15, -0.1) is 21.5 Å². The van der Waals surface area contributed by atoms with Gasteiger partial charge in [0.1, 0.15) is 0 Å². The van der Waals surface area contributed by atoms with Gasteiger partial charge < -0.3 is 9.32 Å². The Morgan fingerprint density at radius 2 is 2.08 bits per heavy atom. The van der Waals surface area contributed by atoms with E-state index in [9.17, 15) is 14.9 Å². The van der Waals surface area contributed by atoms with Crippen LogP contribution in [0.1, 0.15) is 0 Å². The summed E-state index contributed by atoms with van der Waals surface area (Å²) in [4.78, 5) is 24.7. The zero-order valence-corrected chi connectivity index (χ0v) is 14.6. The van der Waals surface area contributed by atoms with E-state index in [0.717, 1.165) is 16.6 Å². The molecule has 0 fully saturated rings. The van der Waals surface area contributed by atoms with Gasteiger partial charge in [-0.05, 0) is 23.6 Å². The number of nitro benzene ring substituents is 1. The summed E-state index contributed by atoms with van der Waals surface area (Å²) in [5.74, 6) is 0.350. The molecule has 0 aliphatic carbocycles. The minimum atomic E-state index is -0.484. The van der Waals surface area contributed by atoms with Crippen LogP contribution in [0.2, 0.25) is 0 Å². The Bertz CT molecular complexity index is 877. The van der Waals surface area contributed by atoms with Crippen molar-refractivity contribution in [3.05, 3.63) is 51.9 Å². The molecule has 8 nitrogen and oxygen atoms in total. The highest BCUT2D eigenvalue weighted by Crippen LogP contribution is 2.27. The minimum absolute atomic E-state index is 0.0223. The van der Waals surface area contributed by atoms with E-state index in [1.165, 1.54) is 40.5 Å². The Balaban J connectivity index is 1.59. The number of hydrogen-bond donors (Lipinski definition) is 0. The van der Waals surface area contributed by atoms with E-state index in [-0.39, 0.29) is 17.3 Å². The second kappa shape index (κ2) is 7.45. The van der Waals surface area contributed by atoms with Gasteiger partial charge in [0.25, 0.3) is 16.8 Å². The predicted molar refractivity (Wildman–Crippen MR) is 94.8 cm³/mol. The quantitative estimate of drug-likeness (QED) is 0.369. The van der Waals surface area contributed by atoms with Gasteiger partial charge >= 0.3 is 0 Å². The Kier molecular flexibility index (Phi) is 5.10. The number of thioether (sulfide) groups is 1. The highest BCUT2D eigenvalue weighted by Gasteiger charge is 2.16. The van der Waals surface area contributed by atoms with Crippen LogP contribution in [0.3, 0.4) is 0 Å². The number of anilines is 1. The average molecular weight is 376 g/mol. The third kappa shape index (κ3) is 4.03. The summed E-state index contributed by atoms with van der Waals surface area (Å²) in [5, 5.41) is 20.8. The molecule has 1 amide bonds. The maximum Gasteiger partial charge on any atom is 0.277 e. The van der Waals surface area contributed by atoms with E-state index in [1.807, 2.05) is 17.5 Å². The number of thiophene rings is 1. The topological polar surface area (TPSA) is 102 Å². The van der Waals surface area contributed by atoms with Crippen molar-refractivity contribution in [2.45, 2.75) is 5.22 Å². The first-order chi connectivity index (χ1) is 12.0. The number of carbonyl (C=O) groups is 1. The van der Waals surface area contributed by atoms with Gasteiger partial charge in [-0.25, -0.2) is 0 Å². The molecule has 0 spiro atoms. The number of benzene rings is 1. The first kappa shape index (κ1) is 17.1. The average Bonchev–Trinajstić information content (AvgIpc) is 3.30. The van der Waals surface area contributed by atoms with Crippen molar-refractivity contribution >= 4 is 40.4 Å². The van der Waals surface area contributed by atoms with Crippen molar-refractivity contribution in [2.24, 2.45) is 0 Å². The third-order valence-electron chi connectivity index (χ3n) is 3.28. The zero-order chi connectivity index (χ0) is 17.8. The lowest BCUT2D eigenvalue weighted by atomic mass is 10.2. The third-order valence-corrected chi connectivity index (χ3v) is 4.94. The molecular weight excluding hydrogens is 364 g/mol. The number of carbonyl (C=O) groups excluding carboxylic acids is 1. The standard InChI is InChI=1S/C15H12N4O4S2/c1-18(10-4-6-11(7-5-10)19(21)22)13(20)9-25-15-17-16-14(23-15)12-3-2-8-24-12/h2-8H,9H2,1H3. The first-order valence-corrected chi connectivity index (χ1v) is 8.92. The number of non-ortho nitro benzene ring substituents is 1. The van der Waals surface area contributed by atoms with Crippen molar-refractivity contribution < 1.29 is 14.1 Å². The normalized spacial score (nSPS) is 10.6. The van der Waals surface area contributed by atoms with Gasteiger partial charge in [-0.1, -0.05) is 17.8 Å². The van der Waals surface area contributed by atoms with Crippen molar-refractivity contribution in [3.8, 4) is 10.8 Å². The molecule has 0 aliphatic heterocycles. The van der Waals surface area contributed by atoms with E-state index in [4.69, 9.17) is 4.42 Å². The fraction of sp³-hybridized carbons (Fsp3) is 0.133. The molecule has 0 atom stereocenters. The Labute approximate surface area is 150 Å². The SMILES string of the molecule is CN(C(=O)CSc1nnc(-c2cccs2)o1)c1ccc([N+](=O)[O-])cc1. The zero-order valence-electron chi connectivity index (χ0n) is 13.0. The van der Waals surface area contributed by atoms with Crippen LogP contribution in [0.25, 0.3) is 10.8 Å². The fourth-order valence-corrected chi connectivity index (χ4v) is 3.25. The van der Waals surface area contributed by atoms with Crippen LogP contribution in [0.15, 0.2) is 51.4 Å². The summed E-state index contributed by atoms with van der Waals surface area (Å²) in [6, 6.07) is 9.54. The summed E-state index contributed by atoms with van der Waals surface area (Å²) in [5.41, 5.74) is 0.548. The van der Waals surface area contributed by atoms with Gasteiger partial charge in [0, 0.05) is 24.9 Å². The van der Waals surface area contributed by atoms with Crippen molar-refractivity contribution in [2.75, 3.05) is 17.7 Å². The molecule has 128 valence electrons. The summed E-state index contributed by atoms with van der Waals surface area (Å²) in [7, 11) is 1.61. The first-order valence-electron chi connectivity index (χ1n) is 7.06. The van der Waals surface area contributed by atoms with Crippen molar-refractivity contribution in [3.63, 3.8) is 0 Å². The van der Waals surface area contributed by atoms with Gasteiger partial charge in [-0.2, -0.15) is 0 Å². The van der Waals surface area contributed by atoms with Crippen LogP contribution in [-0.2, 0) is 4.79 Å². The molecule has 2 heterocycles. The lowest BCUT2D eigenvalue weighted by Crippen LogP contribution is -2.27. The number of hydrogen-bond acceptors (Lipinski definition) is 8. The molecular formula is C15H12N4O4S2. The smallest absolute Gasteiger partial charge is 0.277 e. The molecule has 0 unspecified atom stereocenters. The summed E-state index contributed by atoms with van der Waals surface area (Å²) >= 11 is 2.63. The maximum absolute atomic E-state index is 12.3. The molecule has 3 rings (SSSR count). The van der Waals surface area contributed by atoms with E-state index >= 15 is 0 Å². The molecule has 0 saturated heterocycles. The van der Waals surface area contributed by atoms with Gasteiger partial charge in [0.15, 0.2) is 0 Å². The molecule has 25 heavy (non-hydrogen) atoms. The monoisotopic (exact) mass is 376 g/mol. The number of aromatic nitrogens is 2. The highest BCUT2D eigenvalue weighted by atomic mass is 32.2. The maximum atomic E-state index is 12.3. The van der Waals surface area contributed by atoms with E-state index in [0.29, 0.717) is 16.8 Å². The molecule has 0 saturated carbocycles. The van der Waals surface area contributed by atoms with E-state index in [1.54, 1.807) is 7.05 Å². The van der Waals surface area contributed by atoms with Crippen LogP contribution in [0.5, 0.6) is 0 Å². The highest BCUT2D eigenvalue weighted by molar-refractivity contribution is 7.99. The predicted octanol–water partition coefficient (Wildman–Crippen LogP) is 3.46. The number of amides is 1. The second-order valence-electron chi connectivity index (χ2n) is 4.87. The molecule has 0 bridgehead atoms. The molecule has 0 aliphatic rings. The molecule has 2 aromatic heterocycles. The molecule has 10 heteroatoms. The fourth-order valence-electron chi connectivity index (χ4n) is 1.93. The van der Waals surface area contributed by atoms with Gasteiger partial charge in [-0.3, -0.25) is 14.9 Å². The summed E-state index contributed by atoms with van der Waals surface area (Å²) < 4.78 is 5.51.